The Morgan fingerprint density at radius 2 is 1.20 bits per heavy atom. The van der Waals surface area contributed by atoms with Gasteiger partial charge in [0.2, 0.25) is 0 Å². The van der Waals surface area contributed by atoms with Crippen LogP contribution in [0.1, 0.15) is 11.1 Å². The van der Waals surface area contributed by atoms with Gasteiger partial charge >= 0.3 is 0 Å². The zero-order valence-electron chi connectivity index (χ0n) is 8.70. The molecule has 0 aromatic heterocycles. The largest absolute Gasteiger partial charge is 0.0707 e. The van der Waals surface area contributed by atoms with Gasteiger partial charge in [0, 0.05) is 21.4 Å². The van der Waals surface area contributed by atoms with E-state index in [0.717, 1.165) is 21.4 Å². The first kappa shape index (κ1) is 9.76. The molecule has 0 aliphatic rings. The molecule has 72 valence electrons. The predicted molar refractivity (Wildman–Crippen MR) is 68.4 cm³/mol. The molecule has 0 aliphatic heterocycles. The quantitative estimate of drug-likeness (QED) is 0.449. The van der Waals surface area contributed by atoms with Crippen LogP contribution in [0.5, 0.6) is 0 Å². The summed E-state index contributed by atoms with van der Waals surface area (Å²) in [5.74, 6) is 6.30. The van der Waals surface area contributed by atoms with Crippen LogP contribution in [0.4, 0.5) is 0 Å². The highest BCUT2D eigenvalue weighted by atomic mass is 28.1. The lowest BCUT2D eigenvalue weighted by molar-refractivity contribution is 1.64. The Morgan fingerprint density at radius 1 is 0.667 bits per heavy atom. The molecule has 2 aromatic carbocycles. The Bertz CT molecular complexity index is 486. The standard InChI is InChI=1S/C14H12Si/c15-14-10-8-13(9-11-14)7-6-12-4-2-1-3-5-12/h1-5,8-11H,15H3. The van der Waals surface area contributed by atoms with E-state index < -0.39 is 0 Å². The highest BCUT2D eigenvalue weighted by Crippen LogP contribution is 1.97. The van der Waals surface area contributed by atoms with E-state index in [4.69, 9.17) is 0 Å². The average molecular weight is 208 g/mol. The molecule has 0 nitrogen and oxygen atoms in total. The van der Waals surface area contributed by atoms with Crippen molar-refractivity contribution in [2.24, 2.45) is 0 Å². The Hall–Kier alpha value is -1.78. The number of hydrogen-bond donors (Lipinski definition) is 0. The van der Waals surface area contributed by atoms with Crippen LogP contribution in [0.25, 0.3) is 0 Å². The summed E-state index contributed by atoms with van der Waals surface area (Å²) in [5, 5.41) is 1.40. The third kappa shape index (κ3) is 2.83. The highest BCUT2D eigenvalue weighted by Gasteiger charge is 1.86. The number of rotatable bonds is 0. The van der Waals surface area contributed by atoms with Gasteiger partial charge in [0.1, 0.15) is 0 Å². The van der Waals surface area contributed by atoms with Gasteiger partial charge in [0.05, 0.1) is 0 Å². The minimum absolute atomic E-state index is 1.06. The van der Waals surface area contributed by atoms with Crippen LogP contribution in [0, 0.1) is 11.8 Å². The third-order valence-electron chi connectivity index (χ3n) is 2.18. The molecule has 0 spiro atoms. The zero-order chi connectivity index (χ0) is 10.5. The van der Waals surface area contributed by atoms with Crippen molar-refractivity contribution in [2.45, 2.75) is 0 Å². The third-order valence-corrected chi connectivity index (χ3v) is 2.84. The van der Waals surface area contributed by atoms with Gasteiger partial charge < -0.3 is 0 Å². The van der Waals surface area contributed by atoms with E-state index in [9.17, 15) is 0 Å². The molecule has 0 bridgehead atoms. The normalized spacial score (nSPS) is 9.33. The smallest absolute Gasteiger partial charge is 0.0384 e. The summed E-state index contributed by atoms with van der Waals surface area (Å²) in [5.41, 5.74) is 2.14. The molecule has 0 saturated heterocycles. The van der Waals surface area contributed by atoms with Crippen LogP contribution in [0.15, 0.2) is 54.6 Å². The molecule has 0 N–H and O–H groups in total. The van der Waals surface area contributed by atoms with Crippen molar-refractivity contribution in [2.75, 3.05) is 0 Å². The van der Waals surface area contributed by atoms with Gasteiger partial charge in [-0.3, -0.25) is 0 Å². The fraction of sp³-hybridized carbons (Fsp3) is 0. The van der Waals surface area contributed by atoms with Gasteiger partial charge in [-0.25, -0.2) is 0 Å². The summed E-state index contributed by atoms with van der Waals surface area (Å²) in [7, 11) is 1.10. The summed E-state index contributed by atoms with van der Waals surface area (Å²) < 4.78 is 0. The van der Waals surface area contributed by atoms with E-state index in [-0.39, 0.29) is 0 Å². The molecule has 2 rings (SSSR count). The van der Waals surface area contributed by atoms with Gasteiger partial charge in [-0.05, 0) is 24.3 Å². The minimum Gasteiger partial charge on any atom is -0.0707 e. The Labute approximate surface area is 93.4 Å². The van der Waals surface area contributed by atoms with Crippen LogP contribution in [0.3, 0.4) is 0 Å². The van der Waals surface area contributed by atoms with Crippen molar-refractivity contribution < 1.29 is 0 Å². The summed E-state index contributed by atoms with van der Waals surface area (Å²) in [6, 6.07) is 18.5. The van der Waals surface area contributed by atoms with E-state index in [1.807, 2.05) is 30.3 Å². The molecule has 0 aliphatic carbocycles. The van der Waals surface area contributed by atoms with E-state index in [1.165, 1.54) is 5.19 Å². The summed E-state index contributed by atoms with van der Waals surface area (Å²) in [4.78, 5) is 0. The van der Waals surface area contributed by atoms with E-state index >= 15 is 0 Å². The summed E-state index contributed by atoms with van der Waals surface area (Å²) in [6.45, 7) is 0. The maximum atomic E-state index is 3.15. The molecular weight excluding hydrogens is 196 g/mol. The molecule has 0 amide bonds. The molecular formula is C14H12Si. The second-order valence-corrected chi connectivity index (χ2v) is 4.64. The average Bonchev–Trinajstić information content (AvgIpc) is 2.30. The van der Waals surface area contributed by atoms with Gasteiger partial charge in [-0.15, -0.1) is 0 Å². The zero-order valence-corrected chi connectivity index (χ0v) is 10.7. The van der Waals surface area contributed by atoms with E-state index in [1.54, 1.807) is 0 Å². The number of hydrogen-bond acceptors (Lipinski definition) is 0. The minimum atomic E-state index is 1.06. The molecule has 0 fully saturated rings. The van der Waals surface area contributed by atoms with Gasteiger partial charge in [0.25, 0.3) is 0 Å². The first-order valence-electron chi connectivity index (χ1n) is 4.98. The van der Waals surface area contributed by atoms with Gasteiger partial charge in [-0.2, -0.15) is 0 Å². The maximum absolute atomic E-state index is 3.15. The molecule has 0 unspecified atom stereocenters. The van der Waals surface area contributed by atoms with Crippen LogP contribution in [-0.2, 0) is 0 Å². The molecule has 0 radical (unpaired) electrons. The van der Waals surface area contributed by atoms with E-state index in [0.29, 0.717) is 0 Å². The Kier molecular flexibility index (Phi) is 3.01. The van der Waals surface area contributed by atoms with Crippen LogP contribution in [0.2, 0.25) is 0 Å². The summed E-state index contributed by atoms with van der Waals surface area (Å²) in [6.07, 6.45) is 0. The first-order chi connectivity index (χ1) is 7.34. The lowest BCUT2D eigenvalue weighted by Gasteiger charge is -1.91. The molecule has 1 heteroatoms. The lowest BCUT2D eigenvalue weighted by Crippen LogP contribution is -1.99. The maximum Gasteiger partial charge on any atom is 0.0384 e. The van der Waals surface area contributed by atoms with Crippen molar-refractivity contribution in [1.82, 2.24) is 0 Å². The van der Waals surface area contributed by atoms with E-state index in [2.05, 4.69) is 36.1 Å². The second-order valence-electron chi connectivity index (χ2n) is 3.48. The predicted octanol–water partition coefficient (Wildman–Crippen LogP) is 1.08. The Morgan fingerprint density at radius 3 is 1.80 bits per heavy atom. The fourth-order valence-corrected chi connectivity index (χ4v) is 1.64. The van der Waals surface area contributed by atoms with Crippen molar-refractivity contribution in [3.05, 3.63) is 65.7 Å². The van der Waals surface area contributed by atoms with Crippen LogP contribution in [-0.4, -0.2) is 10.2 Å². The van der Waals surface area contributed by atoms with Crippen LogP contribution < -0.4 is 5.19 Å². The monoisotopic (exact) mass is 208 g/mol. The summed E-state index contributed by atoms with van der Waals surface area (Å²) >= 11 is 0. The Balaban J connectivity index is 2.22. The molecule has 0 heterocycles. The van der Waals surface area contributed by atoms with Crippen LogP contribution >= 0.6 is 0 Å². The SMILES string of the molecule is [SiH3]c1ccc(C#Cc2ccccc2)cc1. The van der Waals surface area contributed by atoms with Crippen molar-refractivity contribution in [3.63, 3.8) is 0 Å². The van der Waals surface area contributed by atoms with Gasteiger partial charge in [0.15, 0.2) is 0 Å². The van der Waals surface area contributed by atoms with Gasteiger partial charge in [-0.1, -0.05) is 47.4 Å². The van der Waals surface area contributed by atoms with Crippen molar-refractivity contribution in [1.29, 1.82) is 0 Å². The topological polar surface area (TPSA) is 0 Å². The first-order valence-corrected chi connectivity index (χ1v) is 5.98. The molecule has 2 aromatic rings. The molecule has 0 atom stereocenters. The molecule has 0 saturated carbocycles. The fourth-order valence-electron chi connectivity index (χ4n) is 1.30. The second kappa shape index (κ2) is 4.63. The highest BCUT2D eigenvalue weighted by molar-refractivity contribution is 6.32. The number of benzene rings is 2. The van der Waals surface area contributed by atoms with Crippen molar-refractivity contribution in [3.8, 4) is 11.8 Å². The molecule has 15 heavy (non-hydrogen) atoms. The van der Waals surface area contributed by atoms with Crippen molar-refractivity contribution >= 4 is 15.4 Å². The lowest BCUT2D eigenvalue weighted by atomic mass is 10.2.